The second-order valence-corrected chi connectivity index (χ2v) is 15.8. The van der Waals surface area contributed by atoms with Crippen LogP contribution in [0.5, 0.6) is 0 Å². The van der Waals surface area contributed by atoms with Gasteiger partial charge in [0.2, 0.25) is 4.91 Å². The third-order valence-electron chi connectivity index (χ3n) is 6.98. The van der Waals surface area contributed by atoms with Crippen LogP contribution in [-0.4, -0.2) is 22.3 Å². The van der Waals surface area contributed by atoms with E-state index in [4.69, 9.17) is 0 Å². The van der Waals surface area contributed by atoms with Crippen molar-refractivity contribution in [2.75, 3.05) is 12.3 Å². The van der Waals surface area contributed by atoms with Crippen LogP contribution in [0.3, 0.4) is 0 Å². The van der Waals surface area contributed by atoms with Crippen molar-refractivity contribution in [3.05, 3.63) is 163 Å². The molecule has 43 heavy (non-hydrogen) atoms. The summed E-state index contributed by atoms with van der Waals surface area (Å²) in [5, 5.41) is 7.82. The van der Waals surface area contributed by atoms with E-state index >= 15 is 0 Å². The molecule has 1 heterocycles. The molecule has 0 saturated heterocycles. The van der Waals surface area contributed by atoms with E-state index in [-0.39, 0.29) is 16.5 Å². The number of rotatable bonds is 8. The molecule has 6 rings (SSSR count). The number of benzene rings is 5. The smallest absolute Gasteiger partial charge is 0.252 e. The Balaban J connectivity index is 0.000000238. The first-order valence-electron chi connectivity index (χ1n) is 14.0. The molecule has 7 heteroatoms. The molecular weight excluding hydrogens is 645 g/mol. The second kappa shape index (κ2) is 17.5. The Hall–Kier alpha value is -2.77. The molecule has 0 aliphatic heterocycles. The van der Waals surface area contributed by atoms with Crippen molar-refractivity contribution in [3.8, 4) is 0 Å². The Morgan fingerprint density at radius 2 is 0.884 bits per heavy atom. The van der Waals surface area contributed by atoms with Crippen LogP contribution in [0, 0.1) is 0 Å². The van der Waals surface area contributed by atoms with Crippen LogP contribution < -0.4 is 21.2 Å². The maximum atomic E-state index is 4.44. The standard InChI is InChI=1S/C26H24P2.C10H8N2S2.Ni/c1-5-13-23(14-6-1)27(24-15-7-2-8-16-24)21-22-28(25-17-9-3-10-18-25)26-19-11-4-12-20-26;13-6-10(14)9-5-11-7-3-1-2-4-8(7)12-9;/h1-20H,21-22H2;1-6,13-14H;/q;;+2/p+4. The van der Waals surface area contributed by atoms with Gasteiger partial charge in [0, 0.05) is 12.6 Å². The molecule has 0 saturated carbocycles. The van der Waals surface area contributed by atoms with Gasteiger partial charge in [0.1, 0.15) is 18.0 Å². The molecule has 216 valence electrons. The number of hydrogen-bond acceptors (Lipinski definition) is 2. The molecule has 0 aliphatic rings. The summed E-state index contributed by atoms with van der Waals surface area (Å²) in [6.07, 6.45) is 4.26. The summed E-state index contributed by atoms with van der Waals surface area (Å²) in [7, 11) is -1.57. The molecule has 0 radical (unpaired) electrons. The molecule has 1 aromatic heterocycles. The normalized spacial score (nSPS) is 11.1. The molecule has 0 aliphatic carbocycles. The van der Waals surface area contributed by atoms with Crippen LogP contribution in [0.2, 0.25) is 0 Å². The van der Waals surface area contributed by atoms with E-state index in [0.717, 1.165) is 21.6 Å². The molecule has 0 unspecified atom stereocenters. The van der Waals surface area contributed by atoms with Crippen LogP contribution >= 0.6 is 15.8 Å². The molecule has 0 bridgehead atoms. The van der Waals surface area contributed by atoms with Gasteiger partial charge >= 0.3 is 16.5 Å². The van der Waals surface area contributed by atoms with Gasteiger partial charge in [-0.3, -0.25) is 4.98 Å². The first kappa shape index (κ1) is 33.1. The van der Waals surface area contributed by atoms with Gasteiger partial charge in [0.25, 0.3) is 0 Å². The van der Waals surface area contributed by atoms with E-state index in [1.165, 1.54) is 33.5 Å². The maximum Gasteiger partial charge on any atom is 2.00 e. The van der Waals surface area contributed by atoms with Crippen LogP contribution in [0.15, 0.2) is 157 Å². The van der Waals surface area contributed by atoms with E-state index in [1.807, 2.05) is 24.3 Å². The number of fused-ring (bicyclic) bond motifs is 1. The summed E-state index contributed by atoms with van der Waals surface area (Å²) in [5.74, 6) is 0. The fourth-order valence-electron chi connectivity index (χ4n) is 4.88. The fourth-order valence-corrected chi connectivity index (χ4v) is 11.3. The van der Waals surface area contributed by atoms with Crippen LogP contribution in [0.25, 0.3) is 15.9 Å². The zero-order valence-corrected chi connectivity index (χ0v) is 28.6. The second-order valence-electron chi connectivity index (χ2n) is 9.72. The topological polar surface area (TPSA) is 25.8 Å². The number of para-hydroxylation sites is 2. The summed E-state index contributed by atoms with van der Waals surface area (Å²) in [5.41, 5.74) is 2.62. The molecule has 0 N–H and O–H groups in total. The van der Waals surface area contributed by atoms with Crippen LogP contribution in [0.1, 0.15) is 5.69 Å². The summed E-state index contributed by atoms with van der Waals surface area (Å²) in [6, 6.07) is 52.3. The van der Waals surface area contributed by atoms with Crippen molar-refractivity contribution in [1.29, 1.82) is 0 Å². The Morgan fingerprint density at radius 3 is 1.26 bits per heavy atom. The van der Waals surface area contributed by atoms with Gasteiger partial charge < -0.3 is 0 Å². The minimum atomic E-state index is -0.783. The zero-order chi connectivity index (χ0) is 29.0. The van der Waals surface area contributed by atoms with E-state index < -0.39 is 15.8 Å². The molecule has 0 atom stereocenters. The summed E-state index contributed by atoms with van der Waals surface area (Å²) in [6.45, 7) is 0. The predicted octanol–water partition coefficient (Wildman–Crippen LogP) is 5.67. The van der Waals surface area contributed by atoms with Gasteiger partial charge in [-0.1, -0.05) is 84.9 Å². The van der Waals surface area contributed by atoms with Crippen molar-refractivity contribution in [1.82, 2.24) is 9.97 Å². The minimum Gasteiger partial charge on any atom is -0.252 e. The van der Waals surface area contributed by atoms with E-state index in [2.05, 4.69) is 157 Å². The monoisotopic (exact) mass is 680 g/mol. The van der Waals surface area contributed by atoms with E-state index in [1.54, 1.807) is 11.6 Å². The summed E-state index contributed by atoms with van der Waals surface area (Å²) >= 11 is 6.72. The van der Waals surface area contributed by atoms with E-state index in [0.29, 0.717) is 0 Å². The summed E-state index contributed by atoms with van der Waals surface area (Å²) in [4.78, 5) is 9.60. The SMILES string of the molecule is [Ni+2].[SH2+]C=C([SH2+])c1cnc2ccccc2n1.c1ccc([PH+](CC[PH+](c2ccccc2)c2ccccc2)c2ccccc2)cc1. The fraction of sp³-hybridized carbons (Fsp3) is 0.0556. The van der Waals surface area contributed by atoms with Crippen LogP contribution in [0.4, 0.5) is 0 Å². The zero-order valence-electron chi connectivity index (χ0n) is 23.6. The third-order valence-corrected chi connectivity index (χ3v) is 14.1. The third kappa shape index (κ3) is 9.36. The van der Waals surface area contributed by atoms with Gasteiger partial charge in [0.05, 0.1) is 54.3 Å². The van der Waals surface area contributed by atoms with E-state index in [9.17, 15) is 0 Å². The van der Waals surface area contributed by atoms with Crippen LogP contribution in [-0.2, 0) is 41.7 Å². The Labute approximate surface area is 278 Å². The maximum absolute atomic E-state index is 4.44. The number of aromatic nitrogens is 2. The Morgan fingerprint density at radius 1 is 0.535 bits per heavy atom. The van der Waals surface area contributed by atoms with Gasteiger partial charge in [-0.25, -0.2) is 4.98 Å². The molecule has 0 amide bonds. The van der Waals surface area contributed by atoms with Crippen molar-refractivity contribution in [2.24, 2.45) is 0 Å². The van der Waals surface area contributed by atoms with Crippen molar-refractivity contribution >= 4 is 78.3 Å². The molecule has 0 spiro atoms. The quantitative estimate of drug-likeness (QED) is 0.118. The van der Waals surface area contributed by atoms with Gasteiger partial charge in [-0.2, -0.15) is 0 Å². The predicted molar refractivity (Wildman–Crippen MR) is 198 cm³/mol. The average Bonchev–Trinajstić information content (AvgIpc) is 3.08. The Bertz CT molecular complexity index is 1550. The first-order chi connectivity index (χ1) is 20.7. The molecule has 5 aromatic carbocycles. The molecule has 0 fully saturated rings. The Kier molecular flexibility index (Phi) is 13.5. The van der Waals surface area contributed by atoms with Crippen molar-refractivity contribution in [2.45, 2.75) is 0 Å². The van der Waals surface area contributed by atoms with Crippen molar-refractivity contribution in [3.63, 3.8) is 0 Å². The van der Waals surface area contributed by atoms with Gasteiger partial charge in [0.15, 0.2) is 5.41 Å². The number of hydrogen-bond donors (Lipinski definition) is 0. The van der Waals surface area contributed by atoms with Gasteiger partial charge in [-0.15, -0.1) is 0 Å². The largest absolute Gasteiger partial charge is 2.00 e. The molecule has 2 nitrogen and oxygen atoms in total. The number of nitrogens with zero attached hydrogens (tertiary/aromatic N) is 2. The first-order valence-corrected chi connectivity index (χ1v) is 18.5. The molecule has 6 aromatic rings. The van der Waals surface area contributed by atoms with Gasteiger partial charge in [-0.05, 0) is 73.3 Å². The molecular formula is C36H36N2NiP2S2+6. The summed E-state index contributed by atoms with van der Waals surface area (Å²) < 4.78 is 0. The average molecular weight is 681 g/mol. The minimum absolute atomic E-state index is 0. The van der Waals surface area contributed by atoms with Crippen molar-refractivity contribution < 1.29 is 16.5 Å².